The van der Waals surface area contributed by atoms with Crippen molar-refractivity contribution >= 4 is 5.69 Å². The van der Waals surface area contributed by atoms with Crippen LogP contribution in [0.4, 0.5) is 5.69 Å². The van der Waals surface area contributed by atoms with E-state index in [1.165, 1.54) is 24.1 Å². The van der Waals surface area contributed by atoms with Crippen LogP contribution in [0.15, 0.2) is 12.3 Å². The molecule has 1 aromatic rings. The van der Waals surface area contributed by atoms with Crippen molar-refractivity contribution in [3.05, 3.63) is 23.5 Å². The molecule has 0 atom stereocenters. The molecule has 1 rings (SSSR count). The second kappa shape index (κ2) is 9.04. The van der Waals surface area contributed by atoms with Gasteiger partial charge >= 0.3 is 0 Å². The molecule has 0 fully saturated rings. The van der Waals surface area contributed by atoms with Crippen LogP contribution in [0.25, 0.3) is 0 Å². The van der Waals surface area contributed by atoms with Crippen LogP contribution >= 0.6 is 0 Å². The third kappa shape index (κ3) is 5.31. The van der Waals surface area contributed by atoms with Gasteiger partial charge in [-0.2, -0.15) is 0 Å². The number of nitrogens with one attached hydrogen (secondary N) is 1. The Bertz CT molecular complexity index is 411. The molecule has 0 saturated heterocycles. The van der Waals surface area contributed by atoms with Crippen LogP contribution in [0.1, 0.15) is 58.7 Å². The standard InChI is InChI=1S/C18H33N3/c1-7-17(8-2)21(13-14(4)5)18-10-15(6)20-12-16(18)11-19-9-3/h10,12,14,17,19H,7-9,11,13H2,1-6H3. The fourth-order valence-corrected chi connectivity index (χ4v) is 2.80. The van der Waals surface area contributed by atoms with Crippen LogP contribution < -0.4 is 10.2 Å². The SMILES string of the molecule is CCNCc1cnc(C)cc1N(CC(C)C)C(CC)CC. The lowest BCUT2D eigenvalue weighted by molar-refractivity contribution is 0.505. The molecule has 0 unspecified atom stereocenters. The molecule has 0 saturated carbocycles. The summed E-state index contributed by atoms with van der Waals surface area (Å²) in [5, 5.41) is 3.44. The first kappa shape index (κ1) is 18.0. The van der Waals surface area contributed by atoms with Crippen LogP contribution in [0.2, 0.25) is 0 Å². The zero-order chi connectivity index (χ0) is 15.8. The fourth-order valence-electron chi connectivity index (χ4n) is 2.80. The Morgan fingerprint density at radius 3 is 2.38 bits per heavy atom. The van der Waals surface area contributed by atoms with Crippen LogP contribution in [-0.2, 0) is 6.54 Å². The number of pyridine rings is 1. The number of aromatic nitrogens is 1. The van der Waals surface area contributed by atoms with Crippen LogP contribution in [0.5, 0.6) is 0 Å². The maximum atomic E-state index is 4.50. The van der Waals surface area contributed by atoms with E-state index in [4.69, 9.17) is 0 Å². The van der Waals surface area contributed by atoms with E-state index >= 15 is 0 Å². The van der Waals surface area contributed by atoms with Crippen LogP contribution in [0.3, 0.4) is 0 Å². The molecule has 0 spiro atoms. The van der Waals surface area contributed by atoms with E-state index in [0.29, 0.717) is 12.0 Å². The fraction of sp³-hybridized carbons (Fsp3) is 0.722. The molecule has 1 aromatic heterocycles. The molecule has 0 aromatic carbocycles. The maximum absolute atomic E-state index is 4.50. The third-order valence-corrected chi connectivity index (χ3v) is 3.92. The molecular weight excluding hydrogens is 258 g/mol. The Labute approximate surface area is 131 Å². The second-order valence-electron chi connectivity index (χ2n) is 6.25. The minimum absolute atomic E-state index is 0.606. The van der Waals surface area contributed by atoms with Crippen molar-refractivity contribution in [3.8, 4) is 0 Å². The van der Waals surface area contributed by atoms with Crippen LogP contribution in [0, 0.1) is 12.8 Å². The lowest BCUT2D eigenvalue weighted by atomic mass is 10.0. The van der Waals surface area contributed by atoms with E-state index in [9.17, 15) is 0 Å². The first-order valence-electron chi connectivity index (χ1n) is 8.46. The number of aryl methyl sites for hydroxylation is 1. The summed E-state index contributed by atoms with van der Waals surface area (Å²) in [6.45, 7) is 16.4. The van der Waals surface area contributed by atoms with Crippen molar-refractivity contribution in [2.45, 2.75) is 67.0 Å². The average Bonchev–Trinajstić information content (AvgIpc) is 2.45. The molecule has 0 bridgehead atoms. The quantitative estimate of drug-likeness (QED) is 0.741. The highest BCUT2D eigenvalue weighted by molar-refractivity contribution is 5.54. The molecule has 0 aliphatic heterocycles. The first-order chi connectivity index (χ1) is 10.0. The van der Waals surface area contributed by atoms with Gasteiger partial charge in [0.15, 0.2) is 0 Å². The highest BCUT2D eigenvalue weighted by Gasteiger charge is 2.20. The van der Waals surface area contributed by atoms with Crippen molar-refractivity contribution in [2.75, 3.05) is 18.0 Å². The average molecular weight is 291 g/mol. The second-order valence-corrected chi connectivity index (χ2v) is 6.25. The summed E-state index contributed by atoms with van der Waals surface area (Å²) in [7, 11) is 0. The van der Waals surface area contributed by atoms with Gasteiger partial charge in [-0.25, -0.2) is 0 Å². The van der Waals surface area contributed by atoms with Gasteiger partial charge in [0.1, 0.15) is 0 Å². The predicted octanol–water partition coefficient (Wildman–Crippen LogP) is 4.15. The van der Waals surface area contributed by atoms with Gasteiger partial charge in [-0.3, -0.25) is 4.98 Å². The summed E-state index contributed by atoms with van der Waals surface area (Å²) >= 11 is 0. The Morgan fingerprint density at radius 1 is 1.19 bits per heavy atom. The van der Waals surface area contributed by atoms with Crippen molar-refractivity contribution in [1.82, 2.24) is 10.3 Å². The summed E-state index contributed by atoms with van der Waals surface area (Å²) in [4.78, 5) is 7.10. The van der Waals surface area contributed by atoms with Gasteiger partial charge in [-0.1, -0.05) is 34.6 Å². The zero-order valence-electron chi connectivity index (χ0n) is 14.7. The van der Waals surface area contributed by atoms with E-state index < -0.39 is 0 Å². The van der Waals surface area contributed by atoms with Crippen molar-refractivity contribution in [1.29, 1.82) is 0 Å². The summed E-state index contributed by atoms with van der Waals surface area (Å²) in [6.07, 6.45) is 4.42. The van der Waals surface area contributed by atoms with Crippen molar-refractivity contribution < 1.29 is 0 Å². The minimum Gasteiger partial charge on any atom is -0.368 e. The van der Waals surface area contributed by atoms with Gasteiger partial charge in [0.25, 0.3) is 0 Å². The van der Waals surface area contributed by atoms with E-state index in [-0.39, 0.29) is 0 Å². The van der Waals surface area contributed by atoms with E-state index in [0.717, 1.165) is 25.3 Å². The van der Waals surface area contributed by atoms with Gasteiger partial charge < -0.3 is 10.2 Å². The maximum Gasteiger partial charge on any atom is 0.0448 e. The zero-order valence-corrected chi connectivity index (χ0v) is 14.7. The highest BCUT2D eigenvalue weighted by Crippen LogP contribution is 2.26. The topological polar surface area (TPSA) is 28.2 Å². The predicted molar refractivity (Wildman–Crippen MR) is 92.9 cm³/mol. The number of nitrogens with zero attached hydrogens (tertiary/aromatic N) is 2. The van der Waals surface area contributed by atoms with Gasteiger partial charge in [-0.05, 0) is 38.3 Å². The lowest BCUT2D eigenvalue weighted by Crippen LogP contribution is -2.38. The molecule has 0 aliphatic carbocycles. The van der Waals surface area contributed by atoms with Gasteiger partial charge in [0.2, 0.25) is 0 Å². The molecule has 120 valence electrons. The Morgan fingerprint density at radius 2 is 1.86 bits per heavy atom. The summed E-state index contributed by atoms with van der Waals surface area (Å²) in [5.74, 6) is 0.658. The highest BCUT2D eigenvalue weighted by atomic mass is 15.2. The summed E-state index contributed by atoms with van der Waals surface area (Å²) < 4.78 is 0. The normalized spacial score (nSPS) is 11.4. The molecule has 21 heavy (non-hydrogen) atoms. The number of hydrogen-bond acceptors (Lipinski definition) is 3. The molecule has 1 heterocycles. The number of anilines is 1. The summed E-state index contributed by atoms with van der Waals surface area (Å²) in [5.41, 5.74) is 3.78. The van der Waals surface area contributed by atoms with Crippen molar-refractivity contribution in [3.63, 3.8) is 0 Å². The third-order valence-electron chi connectivity index (χ3n) is 3.92. The smallest absolute Gasteiger partial charge is 0.0448 e. The largest absolute Gasteiger partial charge is 0.368 e. The molecule has 3 nitrogen and oxygen atoms in total. The number of hydrogen-bond donors (Lipinski definition) is 1. The Balaban J connectivity index is 3.16. The molecule has 0 aliphatic rings. The van der Waals surface area contributed by atoms with Gasteiger partial charge in [-0.15, -0.1) is 0 Å². The molecule has 0 amide bonds. The molecule has 0 radical (unpaired) electrons. The Kier molecular flexibility index (Phi) is 7.73. The first-order valence-corrected chi connectivity index (χ1v) is 8.46. The van der Waals surface area contributed by atoms with E-state index in [1.54, 1.807) is 0 Å². The van der Waals surface area contributed by atoms with Crippen LogP contribution in [-0.4, -0.2) is 24.1 Å². The lowest BCUT2D eigenvalue weighted by Gasteiger charge is -2.35. The number of rotatable bonds is 9. The monoisotopic (exact) mass is 291 g/mol. The van der Waals surface area contributed by atoms with E-state index in [1.807, 2.05) is 6.20 Å². The Hall–Kier alpha value is -1.09. The molecular formula is C18H33N3. The van der Waals surface area contributed by atoms with Gasteiger partial charge in [0.05, 0.1) is 0 Å². The molecule has 1 N–H and O–H groups in total. The summed E-state index contributed by atoms with van der Waals surface area (Å²) in [6, 6.07) is 2.86. The minimum atomic E-state index is 0.606. The van der Waals surface area contributed by atoms with Crippen molar-refractivity contribution in [2.24, 2.45) is 5.92 Å². The van der Waals surface area contributed by atoms with E-state index in [2.05, 4.69) is 62.8 Å². The molecule has 3 heteroatoms. The van der Waals surface area contributed by atoms with Gasteiger partial charge in [0, 0.05) is 42.3 Å².